The standard InChI is InChI=1S/C20H21N5O5/c1-13-22-18(25-30-13)12-29-17-7-3-14(4-8-17)20(27)24-23-19(26)11-21-15-5-9-16(28-2)10-6-15/h3-10,21H,11-12H2,1-2H3,(H,23,26)(H,24,27). The van der Waals surface area contributed by atoms with Crippen molar-refractivity contribution in [3.8, 4) is 11.5 Å². The second kappa shape index (κ2) is 9.92. The van der Waals surface area contributed by atoms with Crippen molar-refractivity contribution >= 4 is 17.5 Å². The molecule has 0 aliphatic heterocycles. The van der Waals surface area contributed by atoms with E-state index in [9.17, 15) is 9.59 Å². The van der Waals surface area contributed by atoms with Crippen molar-refractivity contribution in [2.24, 2.45) is 0 Å². The predicted molar refractivity (Wildman–Crippen MR) is 107 cm³/mol. The lowest BCUT2D eigenvalue weighted by molar-refractivity contribution is -0.120. The summed E-state index contributed by atoms with van der Waals surface area (Å²) in [5, 5.41) is 6.68. The smallest absolute Gasteiger partial charge is 0.269 e. The van der Waals surface area contributed by atoms with Gasteiger partial charge in [0, 0.05) is 18.2 Å². The summed E-state index contributed by atoms with van der Waals surface area (Å²) in [6.07, 6.45) is 0. The molecule has 1 aromatic heterocycles. The Kier molecular flexibility index (Phi) is 6.83. The molecular formula is C20H21N5O5. The Morgan fingerprint density at radius 3 is 2.33 bits per heavy atom. The number of rotatable bonds is 8. The molecule has 0 aliphatic rings. The molecule has 2 amide bonds. The summed E-state index contributed by atoms with van der Waals surface area (Å²) in [7, 11) is 1.58. The molecule has 0 unspecified atom stereocenters. The zero-order valence-electron chi connectivity index (χ0n) is 16.5. The van der Waals surface area contributed by atoms with E-state index in [4.69, 9.17) is 14.0 Å². The van der Waals surface area contributed by atoms with Gasteiger partial charge in [0.05, 0.1) is 13.7 Å². The zero-order chi connectivity index (χ0) is 21.3. The fourth-order valence-corrected chi connectivity index (χ4v) is 2.38. The van der Waals surface area contributed by atoms with Gasteiger partial charge in [0.25, 0.3) is 11.8 Å². The highest BCUT2D eigenvalue weighted by Gasteiger charge is 2.09. The Labute approximate surface area is 172 Å². The first-order valence-electron chi connectivity index (χ1n) is 9.02. The third-order valence-electron chi connectivity index (χ3n) is 3.91. The monoisotopic (exact) mass is 411 g/mol. The lowest BCUT2D eigenvalue weighted by Crippen LogP contribution is -2.44. The lowest BCUT2D eigenvalue weighted by Gasteiger charge is -2.10. The van der Waals surface area contributed by atoms with Crippen LogP contribution in [0.5, 0.6) is 11.5 Å². The number of carbonyl (C=O) groups excluding carboxylic acids is 2. The van der Waals surface area contributed by atoms with E-state index in [1.807, 2.05) is 0 Å². The number of anilines is 1. The van der Waals surface area contributed by atoms with Crippen LogP contribution in [0, 0.1) is 6.92 Å². The first-order valence-corrected chi connectivity index (χ1v) is 9.02. The van der Waals surface area contributed by atoms with E-state index in [0.717, 1.165) is 11.4 Å². The summed E-state index contributed by atoms with van der Waals surface area (Å²) in [6, 6.07) is 13.5. The summed E-state index contributed by atoms with van der Waals surface area (Å²) >= 11 is 0. The summed E-state index contributed by atoms with van der Waals surface area (Å²) in [6.45, 7) is 1.84. The van der Waals surface area contributed by atoms with Crippen molar-refractivity contribution < 1.29 is 23.6 Å². The molecule has 30 heavy (non-hydrogen) atoms. The minimum atomic E-state index is -0.451. The number of hydrazine groups is 1. The van der Waals surface area contributed by atoms with Crippen molar-refractivity contribution in [3.05, 3.63) is 65.8 Å². The van der Waals surface area contributed by atoms with Gasteiger partial charge in [-0.25, -0.2) is 0 Å². The minimum Gasteiger partial charge on any atom is -0.497 e. The molecular weight excluding hydrogens is 390 g/mol. The quantitative estimate of drug-likeness (QED) is 0.479. The number of aromatic nitrogens is 2. The van der Waals surface area contributed by atoms with Gasteiger partial charge in [-0.2, -0.15) is 4.98 Å². The number of aryl methyl sites for hydroxylation is 1. The average Bonchev–Trinajstić information content (AvgIpc) is 3.20. The maximum absolute atomic E-state index is 12.2. The van der Waals surface area contributed by atoms with Crippen LogP contribution in [0.1, 0.15) is 22.1 Å². The van der Waals surface area contributed by atoms with Gasteiger partial charge in [-0.1, -0.05) is 5.16 Å². The lowest BCUT2D eigenvalue weighted by atomic mass is 10.2. The Bertz CT molecular complexity index is 986. The zero-order valence-corrected chi connectivity index (χ0v) is 16.5. The normalized spacial score (nSPS) is 10.2. The Morgan fingerprint density at radius 2 is 1.70 bits per heavy atom. The number of methoxy groups -OCH3 is 1. The first-order chi connectivity index (χ1) is 14.5. The summed E-state index contributed by atoms with van der Waals surface area (Å²) in [5.41, 5.74) is 5.83. The first kappa shape index (κ1) is 20.6. The molecule has 0 bridgehead atoms. The van der Waals surface area contributed by atoms with E-state index in [0.29, 0.717) is 23.0 Å². The largest absolute Gasteiger partial charge is 0.497 e. The van der Waals surface area contributed by atoms with Gasteiger partial charge >= 0.3 is 0 Å². The molecule has 0 atom stereocenters. The second-order valence-corrected chi connectivity index (χ2v) is 6.13. The van der Waals surface area contributed by atoms with Crippen LogP contribution in [0.2, 0.25) is 0 Å². The minimum absolute atomic E-state index is 0.00502. The third-order valence-corrected chi connectivity index (χ3v) is 3.91. The number of hydrogen-bond donors (Lipinski definition) is 3. The van der Waals surface area contributed by atoms with Crippen molar-refractivity contribution in [3.63, 3.8) is 0 Å². The van der Waals surface area contributed by atoms with Crippen LogP contribution in [-0.2, 0) is 11.4 Å². The van der Waals surface area contributed by atoms with Gasteiger partial charge in [-0.3, -0.25) is 20.4 Å². The van der Waals surface area contributed by atoms with Crippen LogP contribution in [-0.4, -0.2) is 35.6 Å². The molecule has 3 aromatic rings. The van der Waals surface area contributed by atoms with Crippen LogP contribution in [0.4, 0.5) is 5.69 Å². The molecule has 0 saturated heterocycles. The number of ether oxygens (including phenoxy) is 2. The number of hydrogen-bond acceptors (Lipinski definition) is 8. The predicted octanol–water partition coefficient (Wildman–Crippen LogP) is 1.84. The van der Waals surface area contributed by atoms with E-state index >= 15 is 0 Å². The highest BCUT2D eigenvalue weighted by molar-refractivity contribution is 5.95. The van der Waals surface area contributed by atoms with Gasteiger partial charge < -0.3 is 19.3 Å². The third kappa shape index (κ3) is 5.96. The van der Waals surface area contributed by atoms with Crippen LogP contribution < -0.4 is 25.6 Å². The fourth-order valence-electron chi connectivity index (χ4n) is 2.38. The van der Waals surface area contributed by atoms with Gasteiger partial charge in [-0.15, -0.1) is 0 Å². The molecule has 2 aromatic carbocycles. The molecule has 0 aliphatic carbocycles. The molecule has 0 fully saturated rings. The summed E-state index contributed by atoms with van der Waals surface area (Å²) < 4.78 is 15.5. The van der Waals surface area contributed by atoms with E-state index in [2.05, 4.69) is 26.3 Å². The van der Waals surface area contributed by atoms with Crippen molar-refractivity contribution in [1.82, 2.24) is 21.0 Å². The average molecular weight is 411 g/mol. The highest BCUT2D eigenvalue weighted by atomic mass is 16.5. The Balaban J connectivity index is 1.40. The molecule has 3 N–H and O–H groups in total. The molecule has 0 radical (unpaired) electrons. The number of nitrogens with one attached hydrogen (secondary N) is 3. The fraction of sp³-hybridized carbons (Fsp3) is 0.200. The molecule has 10 nitrogen and oxygen atoms in total. The van der Waals surface area contributed by atoms with Crippen LogP contribution in [0.3, 0.4) is 0 Å². The summed E-state index contributed by atoms with van der Waals surface area (Å²) in [5.74, 6) is 1.31. The van der Waals surface area contributed by atoms with Crippen LogP contribution in [0.25, 0.3) is 0 Å². The van der Waals surface area contributed by atoms with Crippen LogP contribution in [0.15, 0.2) is 53.1 Å². The van der Waals surface area contributed by atoms with Crippen LogP contribution >= 0.6 is 0 Å². The second-order valence-electron chi connectivity index (χ2n) is 6.13. The van der Waals surface area contributed by atoms with E-state index in [-0.39, 0.29) is 13.2 Å². The number of nitrogens with zero attached hydrogens (tertiary/aromatic N) is 2. The van der Waals surface area contributed by atoms with E-state index < -0.39 is 11.8 Å². The molecule has 0 saturated carbocycles. The summed E-state index contributed by atoms with van der Waals surface area (Å²) in [4.78, 5) is 28.1. The van der Waals surface area contributed by atoms with Gasteiger partial charge in [0.2, 0.25) is 11.7 Å². The molecule has 156 valence electrons. The topological polar surface area (TPSA) is 128 Å². The molecule has 0 spiro atoms. The molecule has 1 heterocycles. The Hall–Kier alpha value is -4.08. The van der Waals surface area contributed by atoms with E-state index in [1.165, 1.54) is 0 Å². The highest BCUT2D eigenvalue weighted by Crippen LogP contribution is 2.15. The number of amides is 2. The number of benzene rings is 2. The SMILES string of the molecule is COc1ccc(NCC(=O)NNC(=O)c2ccc(OCc3noc(C)n3)cc2)cc1. The Morgan fingerprint density at radius 1 is 1.00 bits per heavy atom. The van der Waals surface area contributed by atoms with Gasteiger partial charge in [0.1, 0.15) is 11.5 Å². The van der Waals surface area contributed by atoms with E-state index in [1.54, 1.807) is 62.6 Å². The van der Waals surface area contributed by atoms with Crippen molar-refractivity contribution in [2.75, 3.05) is 19.0 Å². The van der Waals surface area contributed by atoms with Gasteiger partial charge in [0.15, 0.2) is 6.61 Å². The van der Waals surface area contributed by atoms with Crippen molar-refractivity contribution in [1.29, 1.82) is 0 Å². The van der Waals surface area contributed by atoms with Crippen molar-refractivity contribution in [2.45, 2.75) is 13.5 Å². The number of carbonyl (C=O) groups is 2. The molecule has 10 heteroatoms. The maximum atomic E-state index is 12.2. The van der Waals surface area contributed by atoms with Gasteiger partial charge in [-0.05, 0) is 48.5 Å². The maximum Gasteiger partial charge on any atom is 0.269 e. The molecule has 3 rings (SSSR count).